The van der Waals surface area contributed by atoms with Gasteiger partial charge in [-0.15, -0.1) is 10.2 Å². The van der Waals surface area contributed by atoms with E-state index in [1.165, 1.54) is 32.1 Å². The summed E-state index contributed by atoms with van der Waals surface area (Å²) in [6.07, 6.45) is 10.4. The van der Waals surface area contributed by atoms with Gasteiger partial charge < -0.3 is 9.32 Å². The maximum absolute atomic E-state index is 12.8. The summed E-state index contributed by atoms with van der Waals surface area (Å²) in [5.74, 6) is 1.92. The van der Waals surface area contributed by atoms with Crippen LogP contribution in [0, 0.1) is 5.92 Å². The molecule has 0 unspecified atom stereocenters. The van der Waals surface area contributed by atoms with Crippen LogP contribution in [0.15, 0.2) is 28.7 Å². The van der Waals surface area contributed by atoms with Crippen LogP contribution in [0.2, 0.25) is 5.02 Å². The van der Waals surface area contributed by atoms with E-state index in [9.17, 15) is 4.79 Å². The fourth-order valence-corrected chi connectivity index (χ4v) is 4.05. The third kappa shape index (κ3) is 4.89. The molecule has 0 bridgehead atoms. The van der Waals surface area contributed by atoms with Gasteiger partial charge >= 0.3 is 0 Å². The van der Waals surface area contributed by atoms with Gasteiger partial charge in [0.1, 0.15) is 0 Å². The van der Waals surface area contributed by atoms with Gasteiger partial charge in [0, 0.05) is 23.0 Å². The zero-order valence-corrected chi connectivity index (χ0v) is 16.3. The minimum Gasteiger partial charge on any atom is -0.419 e. The van der Waals surface area contributed by atoms with Crippen molar-refractivity contribution in [3.8, 4) is 11.5 Å². The number of hydrogen-bond acceptors (Lipinski definition) is 4. The Labute approximate surface area is 165 Å². The Balaban J connectivity index is 1.37. The van der Waals surface area contributed by atoms with Crippen LogP contribution in [0.1, 0.15) is 63.7 Å². The molecule has 1 aromatic heterocycles. The van der Waals surface area contributed by atoms with E-state index < -0.39 is 0 Å². The summed E-state index contributed by atoms with van der Waals surface area (Å²) in [7, 11) is 0. The molecule has 2 aliphatic carbocycles. The Hall–Kier alpha value is -1.88. The second-order valence-electron chi connectivity index (χ2n) is 7.80. The minimum atomic E-state index is 0.231. The lowest BCUT2D eigenvalue weighted by Crippen LogP contribution is -2.33. The Morgan fingerprint density at radius 1 is 1.07 bits per heavy atom. The molecule has 0 atom stereocenters. The average Bonchev–Trinajstić information content (AvgIpc) is 3.43. The predicted molar refractivity (Wildman–Crippen MR) is 104 cm³/mol. The quantitative estimate of drug-likeness (QED) is 0.651. The second-order valence-corrected chi connectivity index (χ2v) is 8.24. The van der Waals surface area contributed by atoms with E-state index in [2.05, 4.69) is 10.2 Å². The molecule has 1 aromatic carbocycles. The first kappa shape index (κ1) is 18.5. The molecule has 2 aliphatic rings. The van der Waals surface area contributed by atoms with E-state index in [0.29, 0.717) is 35.8 Å². The first-order chi connectivity index (χ1) is 13.2. The van der Waals surface area contributed by atoms with E-state index in [0.717, 1.165) is 30.7 Å². The molecule has 0 N–H and O–H groups in total. The number of amides is 1. The normalized spacial score (nSPS) is 17.8. The maximum Gasteiger partial charge on any atom is 0.247 e. The monoisotopic (exact) mass is 387 g/mol. The van der Waals surface area contributed by atoms with Crippen molar-refractivity contribution in [2.24, 2.45) is 5.92 Å². The van der Waals surface area contributed by atoms with Crippen LogP contribution in [0.5, 0.6) is 0 Å². The smallest absolute Gasteiger partial charge is 0.247 e. The third-order valence-corrected chi connectivity index (χ3v) is 5.91. The number of benzene rings is 1. The lowest BCUT2D eigenvalue weighted by molar-refractivity contribution is -0.133. The molecule has 2 aromatic rings. The standard InChI is InChI=1S/C21H26ClN3O2/c22-17-9-7-16(8-10-17)21-24-23-19(27-21)14-25(18-11-12-18)20(26)13-6-15-4-2-1-3-5-15/h7-10,15,18H,1-6,11-14H2. The van der Waals surface area contributed by atoms with Crippen molar-refractivity contribution < 1.29 is 9.21 Å². The van der Waals surface area contributed by atoms with E-state index in [-0.39, 0.29) is 5.91 Å². The Kier molecular flexibility index (Phi) is 5.77. The summed E-state index contributed by atoms with van der Waals surface area (Å²) in [6, 6.07) is 7.65. The van der Waals surface area contributed by atoms with Gasteiger partial charge in [-0.25, -0.2) is 0 Å². The van der Waals surface area contributed by atoms with Gasteiger partial charge in [-0.3, -0.25) is 4.79 Å². The highest BCUT2D eigenvalue weighted by molar-refractivity contribution is 6.30. The highest BCUT2D eigenvalue weighted by Crippen LogP contribution is 2.32. The van der Waals surface area contributed by atoms with Crippen molar-refractivity contribution in [1.82, 2.24) is 15.1 Å². The molecular weight excluding hydrogens is 362 g/mol. The van der Waals surface area contributed by atoms with Crippen LogP contribution in [-0.4, -0.2) is 27.0 Å². The first-order valence-electron chi connectivity index (χ1n) is 10.1. The fourth-order valence-electron chi connectivity index (χ4n) is 3.93. The summed E-state index contributed by atoms with van der Waals surface area (Å²) in [5.41, 5.74) is 0.833. The SMILES string of the molecule is O=C(CCC1CCCCC1)N(Cc1nnc(-c2ccc(Cl)cc2)o1)C1CC1. The number of hydrogen-bond donors (Lipinski definition) is 0. The molecule has 1 heterocycles. The van der Waals surface area contributed by atoms with Gasteiger partial charge in [-0.2, -0.15) is 0 Å². The molecule has 0 aliphatic heterocycles. The molecular formula is C21H26ClN3O2. The van der Waals surface area contributed by atoms with Crippen molar-refractivity contribution >= 4 is 17.5 Å². The number of nitrogens with zero attached hydrogens (tertiary/aromatic N) is 3. The summed E-state index contributed by atoms with van der Waals surface area (Å²) in [6.45, 7) is 0.411. The molecule has 5 nitrogen and oxygen atoms in total. The van der Waals surface area contributed by atoms with Crippen LogP contribution < -0.4 is 0 Å². The number of halogens is 1. The van der Waals surface area contributed by atoms with Crippen molar-refractivity contribution in [2.45, 2.75) is 70.4 Å². The third-order valence-electron chi connectivity index (χ3n) is 5.66. The summed E-state index contributed by atoms with van der Waals surface area (Å²) >= 11 is 5.92. The molecule has 0 saturated heterocycles. The Morgan fingerprint density at radius 2 is 1.81 bits per heavy atom. The van der Waals surface area contributed by atoms with E-state index in [1.54, 1.807) is 12.1 Å². The first-order valence-corrected chi connectivity index (χ1v) is 10.4. The molecule has 6 heteroatoms. The van der Waals surface area contributed by atoms with Gasteiger partial charge in [0.25, 0.3) is 0 Å². The van der Waals surface area contributed by atoms with Crippen molar-refractivity contribution in [2.75, 3.05) is 0 Å². The minimum absolute atomic E-state index is 0.231. The Morgan fingerprint density at radius 3 is 2.52 bits per heavy atom. The van der Waals surface area contributed by atoms with Crippen LogP contribution >= 0.6 is 11.6 Å². The summed E-state index contributed by atoms with van der Waals surface area (Å²) in [4.78, 5) is 14.8. The number of aromatic nitrogens is 2. The van der Waals surface area contributed by atoms with Crippen LogP contribution in [0.25, 0.3) is 11.5 Å². The number of carbonyl (C=O) groups excluding carboxylic acids is 1. The van der Waals surface area contributed by atoms with Crippen molar-refractivity contribution in [3.63, 3.8) is 0 Å². The van der Waals surface area contributed by atoms with E-state index in [4.69, 9.17) is 16.0 Å². The number of carbonyl (C=O) groups is 1. The highest BCUT2D eigenvalue weighted by Gasteiger charge is 2.33. The predicted octanol–water partition coefficient (Wildman–Crippen LogP) is 5.24. The van der Waals surface area contributed by atoms with Crippen molar-refractivity contribution in [1.29, 1.82) is 0 Å². The van der Waals surface area contributed by atoms with E-state index >= 15 is 0 Å². The number of rotatable bonds is 7. The molecule has 1 amide bonds. The molecule has 144 valence electrons. The topological polar surface area (TPSA) is 59.2 Å². The molecule has 2 saturated carbocycles. The largest absolute Gasteiger partial charge is 0.419 e. The van der Waals surface area contributed by atoms with E-state index in [1.807, 2.05) is 17.0 Å². The van der Waals surface area contributed by atoms with Gasteiger partial charge in [0.2, 0.25) is 17.7 Å². The van der Waals surface area contributed by atoms with Crippen LogP contribution in [0.3, 0.4) is 0 Å². The molecule has 2 fully saturated rings. The lowest BCUT2D eigenvalue weighted by atomic mass is 9.86. The summed E-state index contributed by atoms with van der Waals surface area (Å²) in [5, 5.41) is 8.95. The molecule has 4 rings (SSSR count). The summed E-state index contributed by atoms with van der Waals surface area (Å²) < 4.78 is 5.80. The molecule has 27 heavy (non-hydrogen) atoms. The van der Waals surface area contributed by atoms with Crippen molar-refractivity contribution in [3.05, 3.63) is 35.2 Å². The van der Waals surface area contributed by atoms with Crippen LogP contribution in [-0.2, 0) is 11.3 Å². The molecule has 0 radical (unpaired) electrons. The Bertz CT molecular complexity index is 764. The zero-order valence-electron chi connectivity index (χ0n) is 15.6. The molecule has 0 spiro atoms. The second kappa shape index (κ2) is 8.42. The van der Waals surface area contributed by atoms with Gasteiger partial charge in [-0.1, -0.05) is 43.7 Å². The maximum atomic E-state index is 12.8. The average molecular weight is 388 g/mol. The van der Waals surface area contributed by atoms with Gasteiger partial charge in [0.05, 0.1) is 6.54 Å². The van der Waals surface area contributed by atoms with Crippen LogP contribution in [0.4, 0.5) is 0 Å². The fraction of sp³-hybridized carbons (Fsp3) is 0.571. The lowest BCUT2D eigenvalue weighted by Gasteiger charge is -2.24. The van der Waals surface area contributed by atoms with Gasteiger partial charge in [-0.05, 0) is 49.4 Å². The highest BCUT2D eigenvalue weighted by atomic mass is 35.5. The zero-order chi connectivity index (χ0) is 18.6. The van der Waals surface area contributed by atoms with Gasteiger partial charge in [0.15, 0.2) is 0 Å².